The average molecular weight is 176 g/mol. The van der Waals surface area contributed by atoms with Crippen molar-refractivity contribution in [2.24, 2.45) is 5.41 Å². The second-order valence-corrected chi connectivity index (χ2v) is 3.73. The second-order valence-electron chi connectivity index (χ2n) is 3.35. The first kappa shape index (κ1) is 8.85. The molecule has 0 radical (unpaired) electrons. The van der Waals surface area contributed by atoms with Crippen LogP contribution >= 0.6 is 11.6 Å². The highest BCUT2D eigenvalue weighted by atomic mass is 35.5. The van der Waals surface area contributed by atoms with E-state index in [1.807, 2.05) is 0 Å². The molecule has 1 aliphatic rings. The third-order valence-corrected chi connectivity index (χ3v) is 2.48. The van der Waals surface area contributed by atoms with Gasteiger partial charge < -0.3 is 5.32 Å². The Hall–Kier alpha value is -0.240. The molecule has 2 nitrogen and oxygen atoms in total. The molecule has 0 atom stereocenters. The van der Waals surface area contributed by atoms with Crippen molar-refractivity contribution < 1.29 is 4.79 Å². The van der Waals surface area contributed by atoms with Gasteiger partial charge in [0, 0.05) is 19.3 Å². The number of hydrogen-bond acceptors (Lipinski definition) is 1. The lowest BCUT2D eigenvalue weighted by atomic mass is 10.0. The van der Waals surface area contributed by atoms with Crippen LogP contribution in [0.25, 0.3) is 0 Å². The van der Waals surface area contributed by atoms with E-state index in [1.54, 1.807) is 6.92 Å². The number of carbonyl (C=O) groups excluding carboxylic acids is 1. The summed E-state index contributed by atoms with van der Waals surface area (Å²) in [7, 11) is 0. The van der Waals surface area contributed by atoms with E-state index in [0.29, 0.717) is 11.3 Å². The molecule has 1 amide bonds. The van der Waals surface area contributed by atoms with E-state index in [-0.39, 0.29) is 5.91 Å². The molecule has 0 aromatic rings. The molecule has 3 heteroatoms. The van der Waals surface area contributed by atoms with E-state index in [0.717, 1.165) is 13.0 Å². The number of carbonyl (C=O) groups is 1. The Kier molecular flexibility index (Phi) is 2.77. The van der Waals surface area contributed by atoms with Crippen molar-refractivity contribution in [2.75, 3.05) is 12.4 Å². The Morgan fingerprint density at radius 1 is 1.64 bits per heavy atom. The minimum Gasteiger partial charge on any atom is -0.356 e. The van der Waals surface area contributed by atoms with Gasteiger partial charge in [-0.3, -0.25) is 4.79 Å². The van der Waals surface area contributed by atoms with Crippen LogP contribution in [0.5, 0.6) is 0 Å². The fourth-order valence-corrected chi connectivity index (χ4v) is 1.61. The van der Waals surface area contributed by atoms with Crippen molar-refractivity contribution in [1.82, 2.24) is 5.32 Å². The van der Waals surface area contributed by atoms with Gasteiger partial charge in [0.25, 0.3) is 0 Å². The van der Waals surface area contributed by atoms with Gasteiger partial charge in [-0.1, -0.05) is 0 Å². The van der Waals surface area contributed by atoms with E-state index in [1.165, 1.54) is 12.8 Å². The fourth-order valence-electron chi connectivity index (χ4n) is 1.20. The van der Waals surface area contributed by atoms with Crippen LogP contribution < -0.4 is 5.32 Å². The molecule has 0 aromatic heterocycles. The molecule has 1 rings (SSSR count). The van der Waals surface area contributed by atoms with Crippen molar-refractivity contribution in [3.05, 3.63) is 0 Å². The number of hydrogen-bond donors (Lipinski definition) is 1. The van der Waals surface area contributed by atoms with Gasteiger partial charge in [0.05, 0.1) is 0 Å². The topological polar surface area (TPSA) is 29.1 Å². The van der Waals surface area contributed by atoms with Gasteiger partial charge in [-0.25, -0.2) is 0 Å². The third kappa shape index (κ3) is 2.70. The molecule has 0 aromatic carbocycles. The number of nitrogens with one attached hydrogen (secondary N) is 1. The second kappa shape index (κ2) is 3.44. The maximum Gasteiger partial charge on any atom is 0.216 e. The fraction of sp³-hybridized carbons (Fsp3) is 0.875. The summed E-state index contributed by atoms with van der Waals surface area (Å²) >= 11 is 5.63. The quantitative estimate of drug-likeness (QED) is 0.646. The zero-order valence-electron chi connectivity index (χ0n) is 6.82. The molecule has 1 aliphatic carbocycles. The Bertz CT molecular complexity index is 154. The summed E-state index contributed by atoms with van der Waals surface area (Å²) < 4.78 is 0. The first-order valence-electron chi connectivity index (χ1n) is 3.99. The minimum atomic E-state index is 0.0610. The van der Waals surface area contributed by atoms with Gasteiger partial charge in [-0.15, -0.1) is 11.6 Å². The highest BCUT2D eigenvalue weighted by molar-refractivity contribution is 6.17. The lowest BCUT2D eigenvalue weighted by Gasteiger charge is -2.12. The zero-order valence-corrected chi connectivity index (χ0v) is 7.58. The summed E-state index contributed by atoms with van der Waals surface area (Å²) in [5, 5.41) is 2.84. The van der Waals surface area contributed by atoms with E-state index in [4.69, 9.17) is 11.6 Å². The summed E-state index contributed by atoms with van der Waals surface area (Å²) in [6, 6.07) is 0. The predicted octanol–water partition coefficient (Wildman–Crippen LogP) is 1.53. The maximum atomic E-state index is 10.6. The van der Waals surface area contributed by atoms with Gasteiger partial charge in [0.1, 0.15) is 0 Å². The first-order chi connectivity index (χ1) is 5.18. The summed E-state index contributed by atoms with van der Waals surface area (Å²) in [5.74, 6) is 0.769. The highest BCUT2D eigenvalue weighted by Gasteiger charge is 2.41. The van der Waals surface area contributed by atoms with Crippen molar-refractivity contribution in [2.45, 2.75) is 26.2 Å². The van der Waals surface area contributed by atoms with Crippen LogP contribution in [-0.2, 0) is 4.79 Å². The van der Waals surface area contributed by atoms with Crippen molar-refractivity contribution in [1.29, 1.82) is 0 Å². The van der Waals surface area contributed by atoms with Crippen molar-refractivity contribution in [3.63, 3.8) is 0 Å². The molecule has 0 bridgehead atoms. The Labute approximate surface area is 72.3 Å². The van der Waals surface area contributed by atoms with Crippen LogP contribution in [0.4, 0.5) is 0 Å². The molecule has 64 valence electrons. The largest absolute Gasteiger partial charge is 0.356 e. The smallest absolute Gasteiger partial charge is 0.216 e. The van der Waals surface area contributed by atoms with Gasteiger partial charge in [-0.2, -0.15) is 0 Å². The van der Waals surface area contributed by atoms with Crippen LogP contribution in [0.15, 0.2) is 0 Å². The van der Waals surface area contributed by atoms with E-state index in [2.05, 4.69) is 5.32 Å². The highest BCUT2D eigenvalue weighted by Crippen LogP contribution is 2.48. The summed E-state index contributed by atoms with van der Waals surface area (Å²) in [6.45, 7) is 2.37. The molecular weight excluding hydrogens is 162 g/mol. The molecule has 1 N–H and O–H groups in total. The third-order valence-electron chi connectivity index (χ3n) is 2.29. The lowest BCUT2D eigenvalue weighted by Crippen LogP contribution is -2.28. The van der Waals surface area contributed by atoms with Crippen LogP contribution in [0.2, 0.25) is 0 Å². The normalized spacial score (nSPS) is 19.5. The van der Waals surface area contributed by atoms with E-state index < -0.39 is 0 Å². The lowest BCUT2D eigenvalue weighted by molar-refractivity contribution is -0.119. The van der Waals surface area contributed by atoms with Gasteiger partial charge >= 0.3 is 0 Å². The predicted molar refractivity (Wildman–Crippen MR) is 45.7 cm³/mol. The molecule has 0 aliphatic heterocycles. The molecule has 11 heavy (non-hydrogen) atoms. The van der Waals surface area contributed by atoms with Crippen LogP contribution in [0.1, 0.15) is 26.2 Å². The molecule has 0 unspecified atom stereocenters. The standard InChI is InChI=1S/C8H14ClNO/c1-7(11)10-6-8(2-3-8)4-5-9/h2-6H2,1H3,(H,10,11). The Morgan fingerprint density at radius 2 is 2.27 bits per heavy atom. The molecule has 0 heterocycles. The molecule has 0 spiro atoms. The summed E-state index contributed by atoms with van der Waals surface area (Å²) in [5.41, 5.74) is 0.368. The molecular formula is C8H14ClNO. The summed E-state index contributed by atoms with van der Waals surface area (Å²) in [4.78, 5) is 10.6. The molecule has 1 fully saturated rings. The van der Waals surface area contributed by atoms with Crippen LogP contribution in [0.3, 0.4) is 0 Å². The van der Waals surface area contributed by atoms with Crippen LogP contribution in [-0.4, -0.2) is 18.3 Å². The number of rotatable bonds is 4. The van der Waals surface area contributed by atoms with E-state index >= 15 is 0 Å². The van der Waals surface area contributed by atoms with Crippen molar-refractivity contribution in [3.8, 4) is 0 Å². The van der Waals surface area contributed by atoms with Crippen LogP contribution in [0, 0.1) is 5.41 Å². The molecule has 0 saturated heterocycles. The van der Waals surface area contributed by atoms with Gasteiger partial charge in [-0.05, 0) is 24.7 Å². The minimum absolute atomic E-state index is 0.0610. The van der Waals surface area contributed by atoms with Gasteiger partial charge in [0.15, 0.2) is 0 Å². The first-order valence-corrected chi connectivity index (χ1v) is 4.52. The van der Waals surface area contributed by atoms with E-state index in [9.17, 15) is 4.79 Å². The number of alkyl halides is 1. The monoisotopic (exact) mass is 175 g/mol. The maximum absolute atomic E-state index is 10.6. The average Bonchev–Trinajstić information content (AvgIpc) is 2.67. The van der Waals surface area contributed by atoms with Crippen molar-refractivity contribution >= 4 is 17.5 Å². The number of amides is 1. The Morgan fingerprint density at radius 3 is 2.64 bits per heavy atom. The number of halogens is 1. The summed E-state index contributed by atoms with van der Waals surface area (Å²) in [6.07, 6.45) is 3.48. The molecule has 1 saturated carbocycles. The Balaban J connectivity index is 2.19. The zero-order chi connectivity index (χ0) is 8.32. The SMILES string of the molecule is CC(=O)NCC1(CCCl)CC1. The van der Waals surface area contributed by atoms with Gasteiger partial charge in [0.2, 0.25) is 5.91 Å².